The molecule has 16 heteroatoms. The number of carboxylic acids is 1. The van der Waals surface area contributed by atoms with Gasteiger partial charge in [-0.3, -0.25) is 19.2 Å². The molecule has 258 valence electrons. The molecule has 3 rings (SSSR count). The normalized spacial score (nSPS) is 13.1. The van der Waals surface area contributed by atoms with E-state index in [9.17, 15) is 42.3 Å². The van der Waals surface area contributed by atoms with E-state index in [1.807, 2.05) is 13.8 Å². The van der Waals surface area contributed by atoms with Gasteiger partial charge in [0.2, 0.25) is 17.7 Å². The molecule has 0 aliphatic rings. The molecule has 0 bridgehead atoms. The van der Waals surface area contributed by atoms with Crippen molar-refractivity contribution in [1.82, 2.24) is 25.7 Å². The Morgan fingerprint density at radius 1 is 0.875 bits per heavy atom. The number of alkyl halides is 3. The Labute approximate surface area is 273 Å². The van der Waals surface area contributed by atoms with Crippen molar-refractivity contribution in [2.24, 2.45) is 5.92 Å². The van der Waals surface area contributed by atoms with Gasteiger partial charge in [0.15, 0.2) is 18.1 Å². The molecule has 1 heterocycles. The number of aliphatic carboxylic acids is 1. The van der Waals surface area contributed by atoms with Gasteiger partial charge >= 0.3 is 18.2 Å². The predicted octanol–water partition coefficient (Wildman–Crippen LogP) is 3.64. The van der Waals surface area contributed by atoms with Gasteiger partial charge in [-0.05, 0) is 37.0 Å². The monoisotopic (exact) mass is 675 g/mol. The zero-order valence-electron chi connectivity index (χ0n) is 26.3. The number of rotatable bonds is 16. The number of halogens is 3. The van der Waals surface area contributed by atoms with Crippen molar-refractivity contribution >= 4 is 29.7 Å². The van der Waals surface area contributed by atoms with E-state index in [2.05, 4.69) is 21.0 Å². The maximum absolute atomic E-state index is 13.4. The van der Waals surface area contributed by atoms with Crippen LogP contribution in [0, 0.1) is 5.92 Å². The van der Waals surface area contributed by atoms with Crippen LogP contribution in [0.2, 0.25) is 0 Å². The van der Waals surface area contributed by atoms with E-state index in [4.69, 9.17) is 9.47 Å². The number of nitrogens with zero attached hydrogens (tertiary/aromatic N) is 2. The first kappa shape index (κ1) is 37.1. The maximum Gasteiger partial charge on any atom is 0.435 e. The van der Waals surface area contributed by atoms with Crippen molar-refractivity contribution in [2.75, 3.05) is 6.61 Å². The number of alkyl carbamates (subject to hydrolysis) is 1. The number of amides is 3. The molecular weight excluding hydrogens is 639 g/mol. The van der Waals surface area contributed by atoms with E-state index >= 15 is 0 Å². The van der Waals surface area contributed by atoms with Gasteiger partial charge in [-0.2, -0.15) is 18.3 Å². The number of hydrogen-bond acceptors (Lipinski definition) is 8. The van der Waals surface area contributed by atoms with Crippen molar-refractivity contribution in [3.05, 3.63) is 78.0 Å². The second-order valence-corrected chi connectivity index (χ2v) is 11.1. The summed E-state index contributed by atoms with van der Waals surface area (Å²) >= 11 is 0. The SMILES string of the molecule is CC(C)C[C@H](NC(=O)OCc1ccccc1)C(=O)N[C@@H](C)C(=O)N[C@@H](CC(=O)O)C(=O)COc1cc(C(F)(F)F)nn1-c1ccccc1. The summed E-state index contributed by atoms with van der Waals surface area (Å²) in [5.74, 6) is -4.61. The molecule has 0 radical (unpaired) electrons. The molecule has 3 amide bonds. The van der Waals surface area contributed by atoms with E-state index < -0.39 is 78.6 Å². The lowest BCUT2D eigenvalue weighted by molar-refractivity contribution is -0.142. The van der Waals surface area contributed by atoms with Crippen molar-refractivity contribution in [1.29, 1.82) is 0 Å². The fourth-order valence-corrected chi connectivity index (χ4v) is 4.31. The zero-order chi connectivity index (χ0) is 35.4. The van der Waals surface area contributed by atoms with Crippen molar-refractivity contribution in [3.8, 4) is 11.6 Å². The van der Waals surface area contributed by atoms with Gasteiger partial charge < -0.3 is 30.5 Å². The summed E-state index contributed by atoms with van der Waals surface area (Å²) in [6.45, 7) is 3.95. The van der Waals surface area contributed by atoms with Crippen LogP contribution in [0.3, 0.4) is 0 Å². The van der Waals surface area contributed by atoms with Crippen LogP contribution in [0.5, 0.6) is 5.88 Å². The first-order valence-corrected chi connectivity index (χ1v) is 14.8. The summed E-state index contributed by atoms with van der Waals surface area (Å²) < 4.78 is 51.5. The highest BCUT2D eigenvalue weighted by molar-refractivity contribution is 5.96. The molecule has 3 aromatic rings. The fourth-order valence-electron chi connectivity index (χ4n) is 4.31. The van der Waals surface area contributed by atoms with Gasteiger partial charge in [-0.25, -0.2) is 9.48 Å². The number of carbonyl (C=O) groups is 5. The standard InChI is InChI=1S/C32H36F3N5O8/c1-19(2)14-24(38-31(46)48-17-21-10-6-4-7-11-21)30(45)36-20(3)29(44)37-23(15-28(42)43)25(41)18-47-27-16-26(32(33,34)35)39-40(27)22-12-8-5-9-13-22/h4-13,16,19-20,23-24H,14-15,17-18H2,1-3H3,(H,36,45)(H,37,44)(H,38,46)(H,42,43)/t20-,23-,24-/m0/s1. The Kier molecular flexibility index (Phi) is 13.1. The molecule has 0 spiro atoms. The lowest BCUT2D eigenvalue weighted by Gasteiger charge is -2.23. The van der Waals surface area contributed by atoms with E-state index in [1.165, 1.54) is 19.1 Å². The molecule has 0 saturated carbocycles. The number of Topliss-reactive ketones (excluding diaryl/α,β-unsaturated/α-hetero) is 1. The smallest absolute Gasteiger partial charge is 0.435 e. The minimum Gasteiger partial charge on any atom is -0.481 e. The van der Waals surface area contributed by atoms with Gasteiger partial charge in [-0.1, -0.05) is 62.4 Å². The highest BCUT2D eigenvalue weighted by atomic mass is 19.4. The second kappa shape index (κ2) is 16.9. The third-order valence-electron chi connectivity index (χ3n) is 6.69. The first-order valence-electron chi connectivity index (χ1n) is 14.8. The average molecular weight is 676 g/mol. The molecular formula is C32H36F3N5O8. The number of carboxylic acid groups (broad SMARTS) is 1. The van der Waals surface area contributed by atoms with E-state index in [1.54, 1.807) is 48.5 Å². The van der Waals surface area contributed by atoms with Gasteiger partial charge in [0, 0.05) is 6.07 Å². The Hall–Kier alpha value is -5.41. The van der Waals surface area contributed by atoms with Crippen LogP contribution in [0.25, 0.3) is 5.69 Å². The summed E-state index contributed by atoms with van der Waals surface area (Å²) in [6, 6.07) is 13.0. The van der Waals surface area contributed by atoms with Crippen molar-refractivity contribution in [2.45, 2.75) is 64.5 Å². The van der Waals surface area contributed by atoms with Crippen molar-refractivity contribution < 1.29 is 51.7 Å². The number of ketones is 1. The van der Waals surface area contributed by atoms with Crippen LogP contribution in [-0.2, 0) is 36.7 Å². The first-order chi connectivity index (χ1) is 22.6. The average Bonchev–Trinajstić information content (AvgIpc) is 3.47. The molecule has 48 heavy (non-hydrogen) atoms. The molecule has 3 atom stereocenters. The summed E-state index contributed by atoms with van der Waals surface area (Å²) in [6.07, 6.45) is -6.38. The number of aromatic nitrogens is 2. The molecule has 0 fully saturated rings. The topological polar surface area (TPSA) is 178 Å². The lowest BCUT2D eigenvalue weighted by Crippen LogP contribution is -2.55. The summed E-state index contributed by atoms with van der Waals surface area (Å²) in [4.78, 5) is 62.9. The molecule has 0 saturated heterocycles. The van der Waals surface area contributed by atoms with E-state index in [0.29, 0.717) is 6.07 Å². The molecule has 0 aliphatic heterocycles. The third kappa shape index (κ3) is 11.4. The predicted molar refractivity (Wildman–Crippen MR) is 164 cm³/mol. The lowest BCUT2D eigenvalue weighted by atomic mass is 10.0. The maximum atomic E-state index is 13.4. The number of hydrogen-bond donors (Lipinski definition) is 4. The summed E-state index contributed by atoms with van der Waals surface area (Å²) in [5, 5.41) is 20.0. The van der Waals surface area contributed by atoms with E-state index in [-0.39, 0.29) is 24.6 Å². The molecule has 4 N–H and O–H groups in total. The van der Waals surface area contributed by atoms with Crippen LogP contribution in [0.4, 0.5) is 18.0 Å². The molecule has 1 aromatic heterocycles. The van der Waals surface area contributed by atoms with E-state index in [0.717, 1.165) is 10.2 Å². The van der Waals surface area contributed by atoms with Gasteiger partial charge in [0.25, 0.3) is 0 Å². The molecule has 0 aliphatic carbocycles. The van der Waals surface area contributed by atoms with Crippen LogP contribution < -0.4 is 20.7 Å². The number of ether oxygens (including phenoxy) is 2. The number of para-hydroxylation sites is 1. The quantitative estimate of drug-likeness (QED) is 0.177. The highest BCUT2D eigenvalue weighted by Crippen LogP contribution is 2.32. The summed E-state index contributed by atoms with van der Waals surface area (Å²) in [5.41, 5.74) is -0.361. The Bertz CT molecular complexity index is 1560. The third-order valence-corrected chi connectivity index (χ3v) is 6.69. The zero-order valence-corrected chi connectivity index (χ0v) is 26.3. The number of benzene rings is 2. The molecule has 0 unspecified atom stereocenters. The number of carbonyl (C=O) groups excluding carboxylic acids is 4. The minimum atomic E-state index is -4.82. The second-order valence-electron chi connectivity index (χ2n) is 11.1. The van der Waals surface area contributed by atoms with Crippen molar-refractivity contribution in [3.63, 3.8) is 0 Å². The van der Waals surface area contributed by atoms with Gasteiger partial charge in [-0.15, -0.1) is 0 Å². The highest BCUT2D eigenvalue weighted by Gasteiger charge is 2.36. The van der Waals surface area contributed by atoms with Gasteiger partial charge in [0.05, 0.1) is 12.1 Å². The Morgan fingerprint density at radius 2 is 1.50 bits per heavy atom. The number of nitrogens with one attached hydrogen (secondary N) is 3. The Morgan fingerprint density at radius 3 is 2.08 bits per heavy atom. The largest absolute Gasteiger partial charge is 0.481 e. The van der Waals surface area contributed by atoms with Crippen LogP contribution in [0.15, 0.2) is 66.7 Å². The Balaban J connectivity index is 1.64. The van der Waals surface area contributed by atoms with Gasteiger partial charge in [0.1, 0.15) is 24.7 Å². The summed E-state index contributed by atoms with van der Waals surface area (Å²) in [7, 11) is 0. The van der Waals surface area contributed by atoms with Crippen LogP contribution >= 0.6 is 0 Å². The fraction of sp³-hybridized carbons (Fsp3) is 0.375. The molecule has 13 nitrogen and oxygen atoms in total. The van der Waals surface area contributed by atoms with Crippen LogP contribution in [0.1, 0.15) is 44.9 Å². The minimum absolute atomic E-state index is 0.0394. The molecule has 2 aromatic carbocycles. The van der Waals surface area contributed by atoms with Crippen LogP contribution in [-0.4, -0.2) is 69.3 Å².